The number of hydrogen-bond donors (Lipinski definition) is 2. The van der Waals surface area contributed by atoms with Gasteiger partial charge in [-0.05, 0) is 92.9 Å². The number of rotatable bonds is 7. The van der Waals surface area contributed by atoms with Crippen molar-refractivity contribution in [1.29, 1.82) is 0 Å². The van der Waals surface area contributed by atoms with E-state index in [2.05, 4.69) is 10.6 Å². The smallest absolute Gasteiger partial charge is 0.412 e. The minimum atomic E-state index is -1.34. The number of amides is 2. The van der Waals surface area contributed by atoms with Crippen LogP contribution in [0.1, 0.15) is 53.7 Å². The number of carbonyl (C=O) groups excluding carboxylic acids is 3. The lowest BCUT2D eigenvalue weighted by Gasteiger charge is -2.20. The highest BCUT2D eigenvalue weighted by Gasteiger charge is 2.67. The van der Waals surface area contributed by atoms with Crippen molar-refractivity contribution in [1.82, 2.24) is 0 Å². The Morgan fingerprint density at radius 2 is 1.49 bits per heavy atom. The molecule has 0 bridgehead atoms. The minimum Gasteiger partial charge on any atom is -0.444 e. The van der Waals surface area contributed by atoms with Crippen LogP contribution in [0.4, 0.5) is 16.2 Å². The van der Waals surface area contributed by atoms with Crippen molar-refractivity contribution in [2.75, 3.05) is 10.6 Å². The van der Waals surface area contributed by atoms with Gasteiger partial charge in [-0.1, -0.05) is 40.9 Å². The van der Waals surface area contributed by atoms with Gasteiger partial charge in [0.1, 0.15) is 9.93 Å². The molecule has 1 aliphatic rings. The molecule has 1 fully saturated rings. The Bertz CT molecular complexity index is 1510. The average Bonchev–Trinajstić information content (AvgIpc) is 3.42. The minimum absolute atomic E-state index is 0.0579. The van der Waals surface area contributed by atoms with Gasteiger partial charge in [0.25, 0.3) is 0 Å². The maximum Gasteiger partial charge on any atom is 0.412 e. The quantitative estimate of drug-likeness (QED) is 0.196. The number of halogens is 5. The third-order valence-electron chi connectivity index (χ3n) is 6.45. The molecule has 3 aromatic rings. The van der Waals surface area contributed by atoms with Gasteiger partial charge in [-0.3, -0.25) is 14.9 Å². The first-order valence-corrected chi connectivity index (χ1v) is 14.5. The van der Waals surface area contributed by atoms with Crippen molar-refractivity contribution >= 4 is 87.2 Å². The van der Waals surface area contributed by atoms with E-state index in [9.17, 15) is 14.4 Å². The molecule has 0 radical (unpaired) electrons. The third kappa shape index (κ3) is 7.68. The molecule has 4 rings (SSSR count). The summed E-state index contributed by atoms with van der Waals surface area (Å²) in [6.45, 7) is 7.18. The van der Waals surface area contributed by atoms with E-state index in [1.807, 2.05) is 6.92 Å². The molecule has 0 saturated heterocycles. The van der Waals surface area contributed by atoms with E-state index >= 15 is 0 Å². The largest absolute Gasteiger partial charge is 0.444 e. The number of ketones is 1. The standard InChI is InChI=1S/C30H27Cl5N2O4/c1-15-9-20(37-28(40)41-29(2,3)4)6-5-16(15)12-24(38)22-14-21(7-8-23(22)33)36-27(39)26-25(30(26,34)35)17-10-18(31)13-19(32)11-17/h5-11,13-14,25-26H,12H2,1-4H3,(H,36,39)(H,37,40). The molecule has 2 N–H and O–H groups in total. The van der Waals surface area contributed by atoms with E-state index in [1.165, 1.54) is 6.07 Å². The van der Waals surface area contributed by atoms with Crippen LogP contribution in [-0.2, 0) is 16.0 Å². The van der Waals surface area contributed by atoms with Gasteiger partial charge >= 0.3 is 6.09 Å². The number of Topliss-reactive ketones (excluding diaryl/α,β-unsaturated/α-hetero) is 1. The van der Waals surface area contributed by atoms with Crippen molar-refractivity contribution < 1.29 is 19.1 Å². The normalized spacial score (nSPS) is 17.5. The molecule has 6 nitrogen and oxygen atoms in total. The van der Waals surface area contributed by atoms with E-state index in [1.54, 1.807) is 69.3 Å². The third-order valence-corrected chi connectivity index (χ3v) is 8.16. The Morgan fingerprint density at radius 1 is 0.878 bits per heavy atom. The van der Waals surface area contributed by atoms with Crippen LogP contribution in [0.25, 0.3) is 0 Å². The predicted molar refractivity (Wildman–Crippen MR) is 166 cm³/mol. The van der Waals surface area contributed by atoms with Gasteiger partial charge in [0.2, 0.25) is 5.91 Å². The van der Waals surface area contributed by atoms with Crippen LogP contribution in [0.3, 0.4) is 0 Å². The predicted octanol–water partition coefficient (Wildman–Crippen LogP) is 9.25. The van der Waals surface area contributed by atoms with Crippen molar-refractivity contribution in [2.24, 2.45) is 5.92 Å². The topological polar surface area (TPSA) is 84.5 Å². The Morgan fingerprint density at radius 3 is 2.10 bits per heavy atom. The van der Waals surface area contributed by atoms with Crippen LogP contribution in [0.15, 0.2) is 54.6 Å². The highest BCUT2D eigenvalue weighted by molar-refractivity contribution is 6.53. The van der Waals surface area contributed by atoms with Gasteiger partial charge in [-0.25, -0.2) is 4.79 Å². The lowest BCUT2D eigenvalue weighted by Crippen LogP contribution is -2.27. The van der Waals surface area contributed by atoms with Crippen LogP contribution in [0.5, 0.6) is 0 Å². The fourth-order valence-corrected chi connectivity index (χ4v) is 6.11. The fraction of sp³-hybridized carbons (Fsp3) is 0.300. The Hall–Kier alpha value is -2.48. The second-order valence-corrected chi connectivity index (χ2v) is 13.6. The van der Waals surface area contributed by atoms with Gasteiger partial charge in [0.15, 0.2) is 5.78 Å². The van der Waals surface area contributed by atoms with Crippen LogP contribution >= 0.6 is 58.0 Å². The SMILES string of the molecule is Cc1cc(NC(=O)OC(C)(C)C)ccc1CC(=O)c1cc(NC(=O)C2C(c3cc(Cl)cc(Cl)c3)C2(Cl)Cl)ccc1Cl. The summed E-state index contributed by atoms with van der Waals surface area (Å²) in [5.74, 6) is -1.93. The average molecular weight is 657 g/mol. The monoisotopic (exact) mass is 654 g/mol. The van der Waals surface area contributed by atoms with Crippen molar-refractivity contribution in [3.63, 3.8) is 0 Å². The molecule has 3 aromatic carbocycles. The summed E-state index contributed by atoms with van der Waals surface area (Å²) in [6.07, 6.45) is -0.511. The number of nitrogens with one attached hydrogen (secondary N) is 2. The van der Waals surface area contributed by atoms with Crippen LogP contribution in [0.2, 0.25) is 15.1 Å². The van der Waals surface area contributed by atoms with Crippen molar-refractivity contribution in [3.05, 3.63) is 91.9 Å². The summed E-state index contributed by atoms with van der Waals surface area (Å²) in [7, 11) is 0. The molecular weight excluding hydrogens is 630 g/mol. The Labute approximate surface area is 263 Å². The van der Waals surface area contributed by atoms with Gasteiger partial charge in [-0.15, -0.1) is 23.2 Å². The number of ether oxygens (including phenoxy) is 1. The molecule has 11 heteroatoms. The summed E-state index contributed by atoms with van der Waals surface area (Å²) in [6, 6.07) is 14.8. The zero-order valence-electron chi connectivity index (χ0n) is 22.6. The molecular formula is C30H27Cl5N2O4. The molecule has 2 atom stereocenters. The Kier molecular flexibility index (Phi) is 9.22. The zero-order valence-corrected chi connectivity index (χ0v) is 26.4. The molecule has 0 heterocycles. The van der Waals surface area contributed by atoms with Gasteiger partial charge in [0.05, 0.1) is 10.9 Å². The molecule has 0 spiro atoms. The van der Waals surface area contributed by atoms with E-state index < -0.39 is 33.8 Å². The maximum atomic E-state index is 13.2. The van der Waals surface area contributed by atoms with Gasteiger partial charge in [-0.2, -0.15) is 0 Å². The second kappa shape index (κ2) is 12.0. The fourth-order valence-electron chi connectivity index (χ4n) is 4.52. The Balaban J connectivity index is 1.45. The van der Waals surface area contributed by atoms with Crippen LogP contribution < -0.4 is 10.6 Å². The maximum absolute atomic E-state index is 13.2. The van der Waals surface area contributed by atoms with E-state index in [0.717, 1.165) is 11.1 Å². The second-order valence-electron chi connectivity index (χ2n) is 10.9. The van der Waals surface area contributed by atoms with Gasteiger partial charge < -0.3 is 10.1 Å². The summed E-state index contributed by atoms with van der Waals surface area (Å²) in [5, 5.41) is 6.54. The summed E-state index contributed by atoms with van der Waals surface area (Å²) < 4.78 is 3.94. The first kappa shape index (κ1) is 31.5. The molecule has 216 valence electrons. The van der Waals surface area contributed by atoms with Crippen LogP contribution in [-0.4, -0.2) is 27.7 Å². The number of hydrogen-bond acceptors (Lipinski definition) is 4. The number of carbonyl (C=O) groups is 3. The molecule has 0 aromatic heterocycles. The van der Waals surface area contributed by atoms with Crippen LogP contribution in [0, 0.1) is 12.8 Å². The summed E-state index contributed by atoms with van der Waals surface area (Å²) in [5.41, 5.74) is 2.75. The molecule has 0 aliphatic heterocycles. The molecule has 2 amide bonds. The first-order valence-electron chi connectivity index (χ1n) is 12.6. The van der Waals surface area contributed by atoms with E-state index in [0.29, 0.717) is 27.0 Å². The van der Waals surface area contributed by atoms with Crippen molar-refractivity contribution in [3.8, 4) is 0 Å². The highest BCUT2D eigenvalue weighted by atomic mass is 35.5. The number of alkyl halides is 2. The van der Waals surface area contributed by atoms with Crippen molar-refractivity contribution in [2.45, 2.75) is 50.0 Å². The van der Waals surface area contributed by atoms with Gasteiger partial charge in [0, 0.05) is 39.3 Å². The number of benzene rings is 3. The lowest BCUT2D eigenvalue weighted by atomic mass is 9.98. The van der Waals surface area contributed by atoms with E-state index in [4.69, 9.17) is 62.7 Å². The number of aryl methyl sites for hydroxylation is 1. The summed E-state index contributed by atoms with van der Waals surface area (Å²) >= 11 is 31.5. The lowest BCUT2D eigenvalue weighted by molar-refractivity contribution is -0.117. The summed E-state index contributed by atoms with van der Waals surface area (Å²) in [4.78, 5) is 38.4. The zero-order chi connectivity index (χ0) is 30.3. The molecule has 41 heavy (non-hydrogen) atoms. The number of anilines is 2. The molecule has 1 saturated carbocycles. The highest BCUT2D eigenvalue weighted by Crippen LogP contribution is 2.65. The van der Waals surface area contributed by atoms with E-state index in [-0.39, 0.29) is 22.8 Å². The first-order chi connectivity index (χ1) is 19.0. The molecule has 2 unspecified atom stereocenters. The molecule has 1 aliphatic carbocycles.